The van der Waals surface area contributed by atoms with E-state index >= 15 is 4.39 Å². The largest absolute Gasteiger partial charge is 0.206 e. The summed E-state index contributed by atoms with van der Waals surface area (Å²) in [6.45, 7) is 6.08. The lowest BCUT2D eigenvalue weighted by molar-refractivity contribution is 0.249. The van der Waals surface area contributed by atoms with Crippen molar-refractivity contribution in [2.45, 2.75) is 90.4 Å². The van der Waals surface area contributed by atoms with Gasteiger partial charge in [-0.05, 0) is 59.6 Å². The maximum Gasteiger partial charge on any atom is 0.138 e. The van der Waals surface area contributed by atoms with Crippen LogP contribution in [0.25, 0.3) is 21.9 Å². The SMILES string of the molecule is C=CCCc1ccc(-c2ccc3cc(CCC4CCC(CCCCCC)CC4)ccc3c2F)cc1. The monoisotopic (exact) mass is 470 g/mol. The van der Waals surface area contributed by atoms with Crippen LogP contribution in [0, 0.1) is 17.7 Å². The maximum atomic E-state index is 15.4. The molecule has 1 aliphatic carbocycles. The van der Waals surface area contributed by atoms with E-state index in [1.807, 2.05) is 30.3 Å². The minimum absolute atomic E-state index is 0.106. The molecule has 0 bridgehead atoms. The molecule has 0 unspecified atom stereocenters. The van der Waals surface area contributed by atoms with Crippen LogP contribution in [0.4, 0.5) is 4.39 Å². The van der Waals surface area contributed by atoms with Gasteiger partial charge in [-0.15, -0.1) is 6.58 Å². The zero-order chi connectivity index (χ0) is 24.5. The Labute approximate surface area is 212 Å². The molecule has 0 aromatic heterocycles. The Morgan fingerprint density at radius 1 is 0.800 bits per heavy atom. The fourth-order valence-corrected chi connectivity index (χ4v) is 5.88. The Morgan fingerprint density at radius 2 is 1.51 bits per heavy atom. The summed E-state index contributed by atoms with van der Waals surface area (Å²) in [5.74, 6) is 1.74. The Balaban J connectivity index is 1.33. The molecule has 0 heterocycles. The Hall–Kier alpha value is -2.41. The molecule has 186 valence electrons. The standard InChI is InChI=1S/C34H43F/c1-3-5-7-8-10-27-11-13-28(14-12-27)15-16-29-19-23-33-31(25-29)22-24-32(34(33)35)30-20-17-26(18-21-30)9-6-4-2/h4,17-25,27-28H,2-3,5-16H2,1H3. The number of unbranched alkanes of at least 4 members (excludes halogenated alkanes) is 3. The summed E-state index contributed by atoms with van der Waals surface area (Å²) in [5, 5.41) is 1.74. The summed E-state index contributed by atoms with van der Waals surface area (Å²) in [6.07, 6.45) is 18.9. The fourth-order valence-electron chi connectivity index (χ4n) is 5.88. The average Bonchev–Trinajstić information content (AvgIpc) is 2.90. The number of aryl methyl sites for hydroxylation is 2. The second-order valence-electron chi connectivity index (χ2n) is 10.8. The van der Waals surface area contributed by atoms with Crippen LogP contribution >= 0.6 is 0 Å². The van der Waals surface area contributed by atoms with Crippen molar-refractivity contribution >= 4 is 10.8 Å². The molecule has 4 rings (SSSR count). The van der Waals surface area contributed by atoms with Gasteiger partial charge in [-0.3, -0.25) is 0 Å². The van der Waals surface area contributed by atoms with E-state index in [4.69, 9.17) is 0 Å². The molecule has 0 spiro atoms. The van der Waals surface area contributed by atoms with Crippen molar-refractivity contribution in [3.05, 3.63) is 84.2 Å². The third kappa shape index (κ3) is 7.06. The second-order valence-corrected chi connectivity index (χ2v) is 10.8. The topological polar surface area (TPSA) is 0 Å². The number of rotatable bonds is 12. The van der Waals surface area contributed by atoms with Gasteiger partial charge in [0.2, 0.25) is 0 Å². The third-order valence-corrected chi connectivity index (χ3v) is 8.19. The lowest BCUT2D eigenvalue weighted by Crippen LogP contribution is -2.15. The van der Waals surface area contributed by atoms with E-state index in [2.05, 4.69) is 43.8 Å². The first-order valence-corrected chi connectivity index (χ1v) is 14.1. The van der Waals surface area contributed by atoms with Gasteiger partial charge >= 0.3 is 0 Å². The molecule has 3 aromatic rings. The van der Waals surface area contributed by atoms with Crippen molar-refractivity contribution in [2.24, 2.45) is 11.8 Å². The number of benzene rings is 3. The maximum absolute atomic E-state index is 15.4. The summed E-state index contributed by atoms with van der Waals surface area (Å²) in [5.41, 5.74) is 4.24. The third-order valence-electron chi connectivity index (χ3n) is 8.19. The second kappa shape index (κ2) is 13.1. The van der Waals surface area contributed by atoms with Crippen LogP contribution in [0.1, 0.15) is 88.7 Å². The summed E-state index contributed by atoms with van der Waals surface area (Å²) < 4.78 is 15.4. The molecule has 0 radical (unpaired) electrons. The smallest absolute Gasteiger partial charge is 0.138 e. The molecule has 1 aliphatic rings. The van der Waals surface area contributed by atoms with Gasteiger partial charge in [-0.25, -0.2) is 4.39 Å². The van der Waals surface area contributed by atoms with Gasteiger partial charge in [0.15, 0.2) is 0 Å². The van der Waals surface area contributed by atoms with E-state index in [0.717, 1.165) is 47.4 Å². The Bertz CT molecular complexity index is 1070. The van der Waals surface area contributed by atoms with Crippen LogP contribution < -0.4 is 0 Å². The van der Waals surface area contributed by atoms with Gasteiger partial charge < -0.3 is 0 Å². The van der Waals surface area contributed by atoms with Gasteiger partial charge in [0.05, 0.1) is 0 Å². The minimum Gasteiger partial charge on any atom is -0.206 e. The first kappa shape index (κ1) is 25.7. The van der Waals surface area contributed by atoms with E-state index in [-0.39, 0.29) is 5.82 Å². The van der Waals surface area contributed by atoms with Crippen LogP contribution in [-0.4, -0.2) is 0 Å². The van der Waals surface area contributed by atoms with E-state index in [9.17, 15) is 0 Å². The Kier molecular flexibility index (Phi) is 9.57. The van der Waals surface area contributed by atoms with E-state index in [1.54, 1.807) is 0 Å². The first-order valence-electron chi connectivity index (χ1n) is 14.1. The summed E-state index contributed by atoms with van der Waals surface area (Å²) >= 11 is 0. The van der Waals surface area contributed by atoms with Crippen LogP contribution in [0.3, 0.4) is 0 Å². The number of fused-ring (bicyclic) bond motifs is 1. The molecule has 0 aliphatic heterocycles. The Morgan fingerprint density at radius 3 is 2.23 bits per heavy atom. The highest BCUT2D eigenvalue weighted by Gasteiger charge is 2.20. The zero-order valence-electron chi connectivity index (χ0n) is 21.7. The molecule has 35 heavy (non-hydrogen) atoms. The summed E-state index contributed by atoms with van der Waals surface area (Å²) in [6, 6.07) is 18.7. The molecule has 1 fully saturated rings. The minimum atomic E-state index is -0.106. The van der Waals surface area contributed by atoms with Crippen LogP contribution in [0.2, 0.25) is 0 Å². The van der Waals surface area contributed by atoms with Gasteiger partial charge in [-0.1, -0.05) is 125 Å². The lowest BCUT2D eigenvalue weighted by atomic mass is 9.77. The number of halogens is 1. The van der Waals surface area contributed by atoms with E-state index in [0.29, 0.717) is 5.56 Å². The number of allylic oxidation sites excluding steroid dienone is 1. The predicted molar refractivity (Wildman–Crippen MR) is 150 cm³/mol. The molecule has 0 amide bonds. The highest BCUT2D eigenvalue weighted by molar-refractivity contribution is 5.88. The van der Waals surface area contributed by atoms with Crippen molar-refractivity contribution in [2.75, 3.05) is 0 Å². The zero-order valence-corrected chi connectivity index (χ0v) is 21.7. The molecule has 0 N–H and O–H groups in total. The molecular formula is C34H43F. The molecule has 0 atom stereocenters. The van der Waals surface area contributed by atoms with Gasteiger partial charge in [0.1, 0.15) is 5.82 Å². The van der Waals surface area contributed by atoms with Gasteiger partial charge in [-0.2, -0.15) is 0 Å². The highest BCUT2D eigenvalue weighted by atomic mass is 19.1. The first-order chi connectivity index (χ1) is 17.2. The van der Waals surface area contributed by atoms with Crippen molar-refractivity contribution in [3.63, 3.8) is 0 Å². The van der Waals surface area contributed by atoms with Crippen LogP contribution in [-0.2, 0) is 12.8 Å². The molecule has 3 aromatic carbocycles. The van der Waals surface area contributed by atoms with Crippen molar-refractivity contribution < 1.29 is 4.39 Å². The van der Waals surface area contributed by atoms with Crippen molar-refractivity contribution in [1.29, 1.82) is 0 Å². The van der Waals surface area contributed by atoms with Crippen molar-refractivity contribution in [3.8, 4) is 11.1 Å². The van der Waals surface area contributed by atoms with E-state index in [1.165, 1.54) is 75.3 Å². The van der Waals surface area contributed by atoms with Crippen LogP contribution in [0.15, 0.2) is 67.3 Å². The lowest BCUT2D eigenvalue weighted by Gasteiger charge is -2.28. The highest BCUT2D eigenvalue weighted by Crippen LogP contribution is 2.35. The molecular weight excluding hydrogens is 427 g/mol. The van der Waals surface area contributed by atoms with Gasteiger partial charge in [0, 0.05) is 10.9 Å². The molecule has 1 saturated carbocycles. The number of hydrogen-bond acceptors (Lipinski definition) is 0. The number of hydrogen-bond donors (Lipinski definition) is 0. The molecule has 0 saturated heterocycles. The van der Waals surface area contributed by atoms with E-state index < -0.39 is 0 Å². The average molecular weight is 471 g/mol. The van der Waals surface area contributed by atoms with Gasteiger partial charge in [0.25, 0.3) is 0 Å². The van der Waals surface area contributed by atoms with Crippen LogP contribution in [0.5, 0.6) is 0 Å². The molecule has 1 heteroatoms. The fraction of sp³-hybridized carbons (Fsp3) is 0.471. The summed E-state index contributed by atoms with van der Waals surface area (Å²) in [7, 11) is 0. The normalized spacial score (nSPS) is 18.1. The predicted octanol–water partition coefficient (Wildman–Crippen LogP) is 10.5. The molecule has 0 nitrogen and oxygen atoms in total. The van der Waals surface area contributed by atoms with Crippen molar-refractivity contribution in [1.82, 2.24) is 0 Å². The summed E-state index contributed by atoms with van der Waals surface area (Å²) in [4.78, 5) is 0. The quantitative estimate of drug-likeness (QED) is 0.182.